The van der Waals surface area contributed by atoms with Gasteiger partial charge in [0.1, 0.15) is 5.82 Å². The van der Waals surface area contributed by atoms with Gasteiger partial charge in [-0.25, -0.2) is 17.1 Å². The van der Waals surface area contributed by atoms with Crippen molar-refractivity contribution in [2.45, 2.75) is 18.2 Å². The van der Waals surface area contributed by atoms with Crippen LogP contribution < -0.4 is 5.73 Å². The Morgan fingerprint density at radius 2 is 1.80 bits per heavy atom. The number of nitrogens with two attached hydrogens (primary N) is 1. The van der Waals surface area contributed by atoms with Gasteiger partial charge in [-0.15, -0.1) is 0 Å². The fourth-order valence-electron chi connectivity index (χ4n) is 1.73. The highest BCUT2D eigenvalue weighted by Gasteiger charge is 2.22. The average Bonchev–Trinajstić information content (AvgIpc) is 2.34. The third-order valence-electron chi connectivity index (χ3n) is 3.14. The van der Waals surface area contributed by atoms with Gasteiger partial charge >= 0.3 is 0 Å². The van der Waals surface area contributed by atoms with Gasteiger partial charge in [0.2, 0.25) is 10.0 Å². The zero-order valence-electron chi connectivity index (χ0n) is 12.4. The van der Waals surface area contributed by atoms with Crippen LogP contribution in [-0.4, -0.2) is 51.9 Å². The van der Waals surface area contributed by atoms with Gasteiger partial charge in [0.25, 0.3) is 0 Å². The molecule has 0 aliphatic rings. The number of rotatable bonds is 6. The summed E-state index contributed by atoms with van der Waals surface area (Å²) in [5.74, 6) is -0.606. The van der Waals surface area contributed by atoms with Crippen LogP contribution >= 0.6 is 0 Å². The van der Waals surface area contributed by atoms with E-state index < -0.39 is 15.8 Å². The van der Waals surface area contributed by atoms with Crippen molar-refractivity contribution in [3.05, 3.63) is 23.5 Å². The Morgan fingerprint density at radius 1 is 1.20 bits per heavy atom. The smallest absolute Gasteiger partial charge is 0.242 e. The van der Waals surface area contributed by atoms with E-state index in [-0.39, 0.29) is 16.1 Å². The molecule has 1 aromatic rings. The molecule has 114 valence electrons. The van der Waals surface area contributed by atoms with Crippen LogP contribution in [0, 0.1) is 12.7 Å². The van der Waals surface area contributed by atoms with E-state index in [1.54, 1.807) is 0 Å². The molecule has 1 aromatic carbocycles. The van der Waals surface area contributed by atoms with E-state index in [0.29, 0.717) is 13.0 Å². The maximum absolute atomic E-state index is 13.6. The summed E-state index contributed by atoms with van der Waals surface area (Å²) >= 11 is 0. The monoisotopic (exact) mass is 303 g/mol. The van der Waals surface area contributed by atoms with Gasteiger partial charge in [0.05, 0.1) is 4.90 Å². The lowest BCUT2D eigenvalue weighted by molar-refractivity contribution is 0.370. The maximum Gasteiger partial charge on any atom is 0.242 e. The molecule has 2 N–H and O–H groups in total. The van der Waals surface area contributed by atoms with E-state index in [0.717, 1.165) is 12.6 Å². The molecule has 0 amide bonds. The zero-order valence-corrected chi connectivity index (χ0v) is 13.2. The van der Waals surface area contributed by atoms with E-state index in [1.165, 1.54) is 24.3 Å². The minimum atomic E-state index is -3.70. The molecular weight excluding hydrogens is 281 g/mol. The predicted molar refractivity (Wildman–Crippen MR) is 78.5 cm³/mol. The Bertz CT molecular complexity index is 550. The summed E-state index contributed by atoms with van der Waals surface area (Å²) in [5.41, 5.74) is 6.04. The number of sulfonamides is 1. The number of nitrogen functional groups attached to an aromatic ring is 1. The summed E-state index contributed by atoms with van der Waals surface area (Å²) < 4.78 is 39.5. The van der Waals surface area contributed by atoms with E-state index in [1.807, 2.05) is 19.0 Å². The topological polar surface area (TPSA) is 66.6 Å². The molecule has 7 heteroatoms. The largest absolute Gasteiger partial charge is 0.398 e. The lowest BCUT2D eigenvalue weighted by Gasteiger charge is -2.19. The van der Waals surface area contributed by atoms with E-state index in [4.69, 9.17) is 5.73 Å². The lowest BCUT2D eigenvalue weighted by Crippen LogP contribution is -2.30. The second-order valence-electron chi connectivity index (χ2n) is 5.10. The van der Waals surface area contributed by atoms with Crippen molar-refractivity contribution in [3.8, 4) is 0 Å². The predicted octanol–water partition coefficient (Wildman–Crippen LogP) is 1.29. The van der Waals surface area contributed by atoms with Gasteiger partial charge in [0.15, 0.2) is 0 Å². The van der Waals surface area contributed by atoms with Gasteiger partial charge in [-0.2, -0.15) is 0 Å². The van der Waals surface area contributed by atoms with E-state index in [9.17, 15) is 12.8 Å². The minimum absolute atomic E-state index is 0.106. The SMILES string of the molecule is Cc1c(N)cc(S(=O)(=O)N(C)CCCN(C)C)cc1F. The third-order valence-corrected chi connectivity index (χ3v) is 4.98. The highest BCUT2D eigenvalue weighted by atomic mass is 32.2. The summed E-state index contributed by atoms with van der Waals surface area (Å²) in [7, 11) is 1.62. The van der Waals surface area contributed by atoms with Crippen LogP contribution in [-0.2, 0) is 10.0 Å². The second-order valence-corrected chi connectivity index (χ2v) is 7.15. The normalized spacial score (nSPS) is 12.3. The molecule has 20 heavy (non-hydrogen) atoms. The highest BCUT2D eigenvalue weighted by Crippen LogP contribution is 2.23. The van der Waals surface area contributed by atoms with Gasteiger partial charge in [-0.05, 0) is 46.1 Å². The van der Waals surface area contributed by atoms with Crippen LogP contribution in [0.25, 0.3) is 0 Å². The van der Waals surface area contributed by atoms with E-state index in [2.05, 4.69) is 0 Å². The summed E-state index contributed by atoms with van der Waals surface area (Å²) in [6.07, 6.45) is 0.701. The molecule has 0 aromatic heterocycles. The summed E-state index contributed by atoms with van der Waals surface area (Å²) in [6, 6.07) is 2.32. The minimum Gasteiger partial charge on any atom is -0.398 e. The molecule has 0 saturated heterocycles. The molecule has 0 radical (unpaired) electrons. The van der Waals surface area contributed by atoms with Crippen LogP contribution in [0.15, 0.2) is 17.0 Å². The van der Waals surface area contributed by atoms with Gasteiger partial charge in [-0.1, -0.05) is 0 Å². The summed E-state index contributed by atoms with van der Waals surface area (Å²) in [5, 5.41) is 0. The summed E-state index contributed by atoms with van der Waals surface area (Å²) in [6.45, 7) is 2.67. The number of halogens is 1. The van der Waals surface area contributed by atoms with Crippen LogP contribution in [0.5, 0.6) is 0 Å². The second kappa shape index (κ2) is 6.51. The number of hydrogen-bond donors (Lipinski definition) is 1. The first-order chi connectivity index (χ1) is 9.16. The van der Waals surface area contributed by atoms with Gasteiger partial charge in [0, 0.05) is 24.8 Å². The van der Waals surface area contributed by atoms with Crippen molar-refractivity contribution < 1.29 is 12.8 Å². The molecular formula is C13H22FN3O2S. The van der Waals surface area contributed by atoms with Crippen LogP contribution in [0.2, 0.25) is 0 Å². The van der Waals surface area contributed by atoms with Crippen molar-refractivity contribution >= 4 is 15.7 Å². The molecule has 1 rings (SSSR count). The molecule has 0 bridgehead atoms. The van der Waals surface area contributed by atoms with Crippen LogP contribution in [0.4, 0.5) is 10.1 Å². The van der Waals surface area contributed by atoms with Crippen molar-refractivity contribution in [1.29, 1.82) is 0 Å². The molecule has 0 saturated carbocycles. The van der Waals surface area contributed by atoms with Gasteiger partial charge < -0.3 is 10.6 Å². The molecule has 5 nitrogen and oxygen atoms in total. The number of hydrogen-bond acceptors (Lipinski definition) is 4. The average molecular weight is 303 g/mol. The van der Waals surface area contributed by atoms with E-state index >= 15 is 0 Å². The van der Waals surface area contributed by atoms with Gasteiger partial charge in [-0.3, -0.25) is 0 Å². The Morgan fingerprint density at radius 3 is 2.30 bits per heavy atom. The molecule has 0 aliphatic heterocycles. The molecule has 0 heterocycles. The van der Waals surface area contributed by atoms with Crippen molar-refractivity contribution in [1.82, 2.24) is 9.21 Å². The first kappa shape index (κ1) is 16.9. The quantitative estimate of drug-likeness (QED) is 0.804. The molecule has 0 aliphatic carbocycles. The van der Waals surface area contributed by atoms with Crippen molar-refractivity contribution in [2.24, 2.45) is 0 Å². The zero-order chi connectivity index (χ0) is 15.5. The third kappa shape index (κ3) is 3.91. The molecule has 0 atom stereocenters. The van der Waals surface area contributed by atoms with Crippen LogP contribution in [0.1, 0.15) is 12.0 Å². The number of benzene rings is 1. The Hall–Kier alpha value is -1.18. The number of nitrogens with zero attached hydrogens (tertiary/aromatic N) is 2. The highest BCUT2D eigenvalue weighted by molar-refractivity contribution is 7.89. The fourth-order valence-corrected chi connectivity index (χ4v) is 2.99. The Balaban J connectivity index is 2.93. The Labute approximate surface area is 120 Å². The molecule has 0 fully saturated rings. The first-order valence-electron chi connectivity index (χ1n) is 6.33. The van der Waals surface area contributed by atoms with Crippen LogP contribution in [0.3, 0.4) is 0 Å². The first-order valence-corrected chi connectivity index (χ1v) is 7.77. The number of anilines is 1. The maximum atomic E-state index is 13.6. The fraction of sp³-hybridized carbons (Fsp3) is 0.538. The standard InChI is InChI=1S/C13H22FN3O2S/c1-10-12(14)8-11(9-13(10)15)20(18,19)17(4)7-5-6-16(2)3/h8-9H,5-7,15H2,1-4H3. The molecule has 0 spiro atoms. The Kier molecular flexibility index (Phi) is 5.50. The lowest BCUT2D eigenvalue weighted by atomic mass is 10.2. The summed E-state index contributed by atoms with van der Waals surface area (Å²) in [4.78, 5) is 1.87. The molecule has 0 unspecified atom stereocenters. The van der Waals surface area contributed by atoms with Crippen molar-refractivity contribution in [2.75, 3.05) is 40.0 Å². The van der Waals surface area contributed by atoms with Crippen molar-refractivity contribution in [3.63, 3.8) is 0 Å².